The molecule has 1 saturated heterocycles. The smallest absolute Gasteiger partial charge is 0.351 e. The first-order chi connectivity index (χ1) is 10.9. The van der Waals surface area contributed by atoms with E-state index in [9.17, 15) is 18.0 Å². The van der Waals surface area contributed by atoms with Crippen LogP contribution < -0.4 is 10.6 Å². The number of fused-ring (bicyclic) bond motifs is 1. The van der Waals surface area contributed by atoms with E-state index in [1.54, 1.807) is 6.07 Å². The average Bonchev–Trinajstić information content (AvgIpc) is 2.96. The summed E-state index contributed by atoms with van der Waals surface area (Å²) in [5.74, 6) is 0.449. The number of rotatable bonds is 3. The van der Waals surface area contributed by atoms with Crippen molar-refractivity contribution >= 4 is 18.3 Å². The van der Waals surface area contributed by atoms with Crippen LogP contribution in [-0.2, 0) is 17.5 Å². The molecule has 2 N–H and O–H groups in total. The van der Waals surface area contributed by atoms with Crippen LogP contribution in [0.4, 0.5) is 13.2 Å². The lowest BCUT2D eigenvalue weighted by atomic mass is 9.85. The van der Waals surface area contributed by atoms with Gasteiger partial charge in [-0.05, 0) is 42.9 Å². The van der Waals surface area contributed by atoms with E-state index in [1.807, 2.05) is 0 Å². The third-order valence-corrected chi connectivity index (χ3v) is 4.90. The Hall–Kier alpha value is -1.27. The topological polar surface area (TPSA) is 41.1 Å². The van der Waals surface area contributed by atoms with E-state index in [0.717, 1.165) is 31.4 Å². The third kappa shape index (κ3) is 4.42. The Kier molecular flexibility index (Phi) is 6.15. The number of nitrogens with one attached hydrogen (secondary N) is 2. The van der Waals surface area contributed by atoms with Crippen molar-refractivity contribution in [2.45, 2.75) is 56.9 Å². The molecule has 3 nitrogen and oxygen atoms in total. The molecule has 24 heavy (non-hydrogen) atoms. The van der Waals surface area contributed by atoms with Gasteiger partial charge in [-0.15, -0.1) is 12.4 Å². The Morgan fingerprint density at radius 2 is 2.00 bits per heavy atom. The van der Waals surface area contributed by atoms with Crippen molar-refractivity contribution in [1.82, 2.24) is 10.6 Å². The van der Waals surface area contributed by atoms with Crippen molar-refractivity contribution in [2.24, 2.45) is 5.92 Å². The van der Waals surface area contributed by atoms with Crippen molar-refractivity contribution in [1.29, 1.82) is 0 Å². The quantitative estimate of drug-likeness (QED) is 0.861. The summed E-state index contributed by atoms with van der Waals surface area (Å²) >= 11 is 0. The molecule has 2 fully saturated rings. The fourth-order valence-electron chi connectivity index (χ4n) is 3.69. The summed E-state index contributed by atoms with van der Waals surface area (Å²) in [6.45, 7) is 0.121. The summed E-state index contributed by atoms with van der Waals surface area (Å²) in [5, 5.41) is 6.13. The minimum absolute atomic E-state index is 0. The standard InChI is InChI=1S/C17H21F3N2O.ClH/c18-17(19,20)13-6-3-4-11(8-13)10-21-16(23)15-9-12-5-1-2-7-14(12)22-15;/h3-4,6,8,12,14-15,22H,1-2,5,7,9-10H2,(H,21,23);1H. The average molecular weight is 363 g/mol. The van der Waals surface area contributed by atoms with Gasteiger partial charge < -0.3 is 10.6 Å². The molecule has 7 heteroatoms. The Labute approximate surface area is 145 Å². The first kappa shape index (κ1) is 19.1. The van der Waals surface area contributed by atoms with Gasteiger partial charge in [0.2, 0.25) is 5.91 Å². The highest BCUT2D eigenvalue weighted by Gasteiger charge is 2.38. The SMILES string of the molecule is Cl.O=C(NCc1cccc(C(F)(F)F)c1)C1CC2CCCCC2N1. The van der Waals surface area contributed by atoms with Crippen molar-refractivity contribution in [3.63, 3.8) is 0 Å². The van der Waals surface area contributed by atoms with Crippen molar-refractivity contribution in [2.75, 3.05) is 0 Å². The summed E-state index contributed by atoms with van der Waals surface area (Å²) in [6.07, 6.45) is 1.17. The molecule has 0 aromatic heterocycles. The molecule has 1 aromatic carbocycles. The van der Waals surface area contributed by atoms with E-state index in [-0.39, 0.29) is 30.9 Å². The molecule has 0 spiro atoms. The molecule has 3 rings (SSSR count). The summed E-state index contributed by atoms with van der Waals surface area (Å²) in [5.41, 5.74) is -0.224. The zero-order valence-corrected chi connectivity index (χ0v) is 14.1. The summed E-state index contributed by atoms with van der Waals surface area (Å²) in [7, 11) is 0. The molecule has 1 aliphatic heterocycles. The fourth-order valence-corrected chi connectivity index (χ4v) is 3.69. The Morgan fingerprint density at radius 1 is 1.25 bits per heavy atom. The molecule has 1 heterocycles. The van der Waals surface area contributed by atoms with Crippen LogP contribution in [0.2, 0.25) is 0 Å². The van der Waals surface area contributed by atoms with Gasteiger partial charge in [-0.25, -0.2) is 0 Å². The predicted octanol–water partition coefficient (Wildman–Crippen LogP) is 3.66. The number of halogens is 4. The molecular weight excluding hydrogens is 341 g/mol. The van der Waals surface area contributed by atoms with Gasteiger partial charge in [0.1, 0.15) is 0 Å². The van der Waals surface area contributed by atoms with Gasteiger partial charge in [0.25, 0.3) is 0 Å². The first-order valence-electron chi connectivity index (χ1n) is 8.13. The van der Waals surface area contributed by atoms with Crippen LogP contribution in [0.1, 0.15) is 43.2 Å². The fraction of sp³-hybridized carbons (Fsp3) is 0.588. The largest absolute Gasteiger partial charge is 0.416 e. The lowest BCUT2D eigenvalue weighted by Gasteiger charge is -2.24. The molecule has 1 aromatic rings. The zero-order chi connectivity index (χ0) is 16.4. The van der Waals surface area contributed by atoms with Crippen LogP contribution >= 0.6 is 12.4 Å². The Bertz CT molecular complexity index is 565. The molecule has 0 radical (unpaired) electrons. The van der Waals surface area contributed by atoms with Crippen LogP contribution in [0.5, 0.6) is 0 Å². The van der Waals surface area contributed by atoms with Gasteiger partial charge >= 0.3 is 6.18 Å². The number of hydrogen-bond acceptors (Lipinski definition) is 2. The van der Waals surface area contributed by atoms with E-state index in [1.165, 1.54) is 18.9 Å². The molecule has 3 atom stereocenters. The van der Waals surface area contributed by atoms with Gasteiger partial charge in [0.15, 0.2) is 0 Å². The predicted molar refractivity (Wildman–Crippen MR) is 87.8 cm³/mol. The van der Waals surface area contributed by atoms with Gasteiger partial charge in [-0.3, -0.25) is 4.79 Å². The molecular formula is C17H22ClF3N2O. The van der Waals surface area contributed by atoms with Crippen molar-refractivity contribution in [3.8, 4) is 0 Å². The van der Waals surface area contributed by atoms with E-state index < -0.39 is 11.7 Å². The molecule has 1 saturated carbocycles. The van der Waals surface area contributed by atoms with E-state index in [0.29, 0.717) is 17.5 Å². The minimum atomic E-state index is -4.36. The molecule has 1 aliphatic carbocycles. The zero-order valence-electron chi connectivity index (χ0n) is 13.2. The van der Waals surface area contributed by atoms with Crippen molar-refractivity contribution < 1.29 is 18.0 Å². The number of hydrogen-bond donors (Lipinski definition) is 2. The highest BCUT2D eigenvalue weighted by molar-refractivity contribution is 5.85. The third-order valence-electron chi connectivity index (χ3n) is 4.90. The van der Waals surface area contributed by atoms with Gasteiger partial charge in [-0.1, -0.05) is 25.0 Å². The van der Waals surface area contributed by atoms with Crippen LogP contribution in [0.15, 0.2) is 24.3 Å². The second-order valence-electron chi connectivity index (χ2n) is 6.52. The van der Waals surface area contributed by atoms with Gasteiger partial charge in [0.05, 0.1) is 11.6 Å². The number of carbonyl (C=O) groups excluding carboxylic acids is 1. The Balaban J connectivity index is 0.00000208. The van der Waals surface area contributed by atoms with E-state index in [4.69, 9.17) is 0 Å². The molecule has 3 unspecified atom stereocenters. The number of amides is 1. The van der Waals surface area contributed by atoms with Crippen molar-refractivity contribution in [3.05, 3.63) is 35.4 Å². The number of benzene rings is 1. The highest BCUT2D eigenvalue weighted by Crippen LogP contribution is 2.33. The lowest BCUT2D eigenvalue weighted by molar-refractivity contribution is -0.137. The van der Waals surface area contributed by atoms with Gasteiger partial charge in [0, 0.05) is 12.6 Å². The molecule has 134 valence electrons. The van der Waals surface area contributed by atoms with Crippen LogP contribution in [0.3, 0.4) is 0 Å². The van der Waals surface area contributed by atoms with E-state index >= 15 is 0 Å². The number of alkyl halides is 3. The van der Waals surface area contributed by atoms with Gasteiger partial charge in [-0.2, -0.15) is 13.2 Å². The van der Waals surface area contributed by atoms with Crippen LogP contribution in [0, 0.1) is 5.92 Å². The molecule has 0 bridgehead atoms. The first-order valence-corrected chi connectivity index (χ1v) is 8.13. The second-order valence-corrected chi connectivity index (χ2v) is 6.52. The van der Waals surface area contributed by atoms with Crippen LogP contribution in [-0.4, -0.2) is 18.0 Å². The Morgan fingerprint density at radius 3 is 2.71 bits per heavy atom. The second kappa shape index (κ2) is 7.74. The maximum absolute atomic E-state index is 12.7. The minimum Gasteiger partial charge on any atom is -0.351 e. The summed E-state index contributed by atoms with van der Waals surface area (Å²) < 4.78 is 38.1. The summed E-state index contributed by atoms with van der Waals surface area (Å²) in [4.78, 5) is 12.2. The monoisotopic (exact) mass is 362 g/mol. The maximum atomic E-state index is 12.7. The van der Waals surface area contributed by atoms with Crippen LogP contribution in [0.25, 0.3) is 0 Å². The number of carbonyl (C=O) groups is 1. The molecule has 1 amide bonds. The lowest BCUT2D eigenvalue weighted by Crippen LogP contribution is -2.42. The van der Waals surface area contributed by atoms with E-state index in [2.05, 4.69) is 10.6 Å². The normalized spacial score (nSPS) is 26.4. The summed E-state index contributed by atoms with van der Waals surface area (Å²) in [6, 6.07) is 5.29. The highest BCUT2D eigenvalue weighted by atomic mass is 35.5. The maximum Gasteiger partial charge on any atom is 0.416 e. The molecule has 2 aliphatic rings.